The molecule has 3 rings (SSSR count). The molecule has 0 radical (unpaired) electrons. The quantitative estimate of drug-likeness (QED) is 0.600. The van der Waals surface area contributed by atoms with Crippen LogP contribution in [0.25, 0.3) is 5.13 Å². The van der Waals surface area contributed by atoms with E-state index in [1.807, 2.05) is 61.9 Å². The van der Waals surface area contributed by atoms with Crippen molar-refractivity contribution in [3.63, 3.8) is 0 Å². The number of anilines is 1. The first-order valence-electron chi connectivity index (χ1n) is 9.44. The van der Waals surface area contributed by atoms with Crippen LogP contribution in [0.5, 0.6) is 0 Å². The molecule has 0 aliphatic carbocycles. The van der Waals surface area contributed by atoms with E-state index >= 15 is 0 Å². The van der Waals surface area contributed by atoms with Crippen LogP contribution in [0, 0.1) is 27.7 Å². The average molecular weight is 411 g/mol. The van der Waals surface area contributed by atoms with Crippen LogP contribution in [-0.2, 0) is 4.79 Å². The highest BCUT2D eigenvalue weighted by Crippen LogP contribution is 2.23. The monoisotopic (exact) mass is 410 g/mol. The molecule has 0 aliphatic rings. The number of nitrogens with one attached hydrogen (secondary N) is 1. The molecular weight excluding hydrogens is 384 g/mol. The first-order chi connectivity index (χ1) is 13.8. The molecule has 6 nitrogen and oxygen atoms in total. The van der Waals surface area contributed by atoms with E-state index in [0.717, 1.165) is 33.3 Å². The molecule has 0 spiro atoms. The molecule has 0 unspecified atom stereocenters. The fourth-order valence-corrected chi connectivity index (χ4v) is 4.12. The summed E-state index contributed by atoms with van der Waals surface area (Å²) in [5.41, 5.74) is 5.49. The minimum Gasteiger partial charge on any atom is -0.325 e. The van der Waals surface area contributed by atoms with Crippen LogP contribution in [-0.4, -0.2) is 46.3 Å². The molecule has 0 aliphatic heterocycles. The normalized spacial score (nSPS) is 11.1. The Morgan fingerprint density at radius 3 is 2.62 bits per heavy atom. The number of hydrogen-bond donors (Lipinski definition) is 1. The number of rotatable bonds is 7. The minimum absolute atomic E-state index is 0.0112. The Morgan fingerprint density at radius 2 is 1.93 bits per heavy atom. The maximum Gasteiger partial charge on any atom is 0.238 e. The van der Waals surface area contributed by atoms with Crippen molar-refractivity contribution >= 4 is 28.7 Å². The van der Waals surface area contributed by atoms with Crippen LogP contribution < -0.4 is 5.32 Å². The van der Waals surface area contributed by atoms with Gasteiger partial charge >= 0.3 is 0 Å². The van der Waals surface area contributed by atoms with Crippen molar-refractivity contribution in [2.24, 2.45) is 0 Å². The third-order valence-corrected chi connectivity index (χ3v) is 5.80. The molecule has 7 heteroatoms. The van der Waals surface area contributed by atoms with E-state index in [0.29, 0.717) is 5.56 Å². The largest absolute Gasteiger partial charge is 0.325 e. The van der Waals surface area contributed by atoms with Crippen molar-refractivity contribution in [1.29, 1.82) is 0 Å². The standard InChI is InChI=1S/C22H26N4O2S/c1-14-7-6-8-19(16(14)3)24-21(28)13-25(5)12-20(27)18-11-15(2)26(17(18)4)22-23-9-10-29-22/h6-11H,12-13H2,1-5H3,(H,24,28). The van der Waals surface area contributed by atoms with Crippen LogP contribution in [0.2, 0.25) is 0 Å². The Hall–Kier alpha value is -2.77. The number of nitrogens with zero attached hydrogens (tertiary/aromatic N) is 3. The number of amides is 1. The summed E-state index contributed by atoms with van der Waals surface area (Å²) >= 11 is 1.53. The van der Waals surface area contributed by atoms with Crippen LogP contribution >= 0.6 is 11.3 Å². The molecule has 2 heterocycles. The number of benzene rings is 1. The van der Waals surface area contributed by atoms with Crippen molar-refractivity contribution in [3.8, 4) is 5.13 Å². The van der Waals surface area contributed by atoms with Gasteiger partial charge in [-0.15, -0.1) is 11.3 Å². The zero-order chi connectivity index (χ0) is 21.1. The molecule has 1 N–H and O–H groups in total. The Labute approximate surface area is 175 Å². The van der Waals surface area contributed by atoms with Gasteiger partial charge in [0.05, 0.1) is 13.1 Å². The van der Waals surface area contributed by atoms with Crippen molar-refractivity contribution in [3.05, 3.63) is 63.9 Å². The first-order valence-corrected chi connectivity index (χ1v) is 10.3. The summed E-state index contributed by atoms with van der Waals surface area (Å²) in [6.45, 7) is 8.20. The van der Waals surface area contributed by atoms with Crippen molar-refractivity contribution in [2.75, 3.05) is 25.5 Å². The smallest absolute Gasteiger partial charge is 0.238 e. The summed E-state index contributed by atoms with van der Waals surface area (Å²) in [7, 11) is 1.78. The Bertz CT molecular complexity index is 1040. The number of hydrogen-bond acceptors (Lipinski definition) is 5. The van der Waals surface area contributed by atoms with Gasteiger partial charge in [-0.3, -0.25) is 19.1 Å². The molecule has 0 fully saturated rings. The predicted molar refractivity (Wildman–Crippen MR) is 117 cm³/mol. The van der Waals surface area contributed by atoms with E-state index < -0.39 is 0 Å². The number of thiazole rings is 1. The highest BCUT2D eigenvalue weighted by atomic mass is 32.1. The van der Waals surface area contributed by atoms with E-state index in [1.165, 1.54) is 11.3 Å². The second kappa shape index (κ2) is 8.71. The van der Waals surface area contributed by atoms with Crippen molar-refractivity contribution < 1.29 is 9.59 Å². The molecular formula is C22H26N4O2S. The molecule has 0 saturated heterocycles. The summed E-state index contributed by atoms with van der Waals surface area (Å²) in [5, 5.41) is 5.70. The van der Waals surface area contributed by atoms with Gasteiger partial charge in [0.2, 0.25) is 5.91 Å². The van der Waals surface area contributed by atoms with Gasteiger partial charge in [0.1, 0.15) is 0 Å². The molecule has 0 bridgehead atoms. The Balaban J connectivity index is 1.64. The van der Waals surface area contributed by atoms with Gasteiger partial charge < -0.3 is 5.32 Å². The van der Waals surface area contributed by atoms with E-state index in [-0.39, 0.29) is 24.8 Å². The van der Waals surface area contributed by atoms with Crippen LogP contribution in [0.15, 0.2) is 35.8 Å². The lowest BCUT2D eigenvalue weighted by atomic mass is 10.1. The second-order valence-electron chi connectivity index (χ2n) is 7.33. The van der Waals surface area contributed by atoms with Crippen molar-refractivity contribution in [1.82, 2.24) is 14.5 Å². The Morgan fingerprint density at radius 1 is 1.17 bits per heavy atom. The molecule has 1 aromatic carbocycles. The molecule has 3 aromatic rings. The lowest BCUT2D eigenvalue weighted by molar-refractivity contribution is -0.116. The van der Waals surface area contributed by atoms with Gasteiger partial charge in [0.15, 0.2) is 10.9 Å². The predicted octanol–water partition coefficient (Wildman–Crippen LogP) is 3.92. The van der Waals surface area contributed by atoms with Gasteiger partial charge in [0.25, 0.3) is 0 Å². The lowest BCUT2D eigenvalue weighted by Gasteiger charge is -2.16. The topological polar surface area (TPSA) is 67.2 Å². The number of Topliss-reactive ketones (excluding diaryl/α,β-unsaturated/α-hetero) is 1. The van der Waals surface area contributed by atoms with E-state index in [1.54, 1.807) is 18.1 Å². The van der Waals surface area contributed by atoms with Gasteiger partial charge in [-0.2, -0.15) is 0 Å². The molecule has 152 valence electrons. The summed E-state index contributed by atoms with van der Waals surface area (Å²) in [6, 6.07) is 7.71. The zero-order valence-electron chi connectivity index (χ0n) is 17.4. The molecule has 2 aromatic heterocycles. The summed E-state index contributed by atoms with van der Waals surface area (Å²) in [4.78, 5) is 31.3. The second-order valence-corrected chi connectivity index (χ2v) is 8.20. The van der Waals surface area contributed by atoms with Gasteiger partial charge in [0, 0.05) is 34.2 Å². The number of ketones is 1. The summed E-state index contributed by atoms with van der Waals surface area (Å²) in [6.07, 6.45) is 1.75. The maximum absolute atomic E-state index is 12.8. The summed E-state index contributed by atoms with van der Waals surface area (Å²) in [5.74, 6) is -0.148. The van der Waals surface area contributed by atoms with Gasteiger partial charge in [-0.1, -0.05) is 12.1 Å². The maximum atomic E-state index is 12.8. The van der Waals surface area contributed by atoms with Crippen LogP contribution in [0.4, 0.5) is 5.69 Å². The Kier molecular flexibility index (Phi) is 6.30. The first kappa shape index (κ1) is 21.0. The SMILES string of the molecule is Cc1cccc(NC(=O)CN(C)CC(=O)c2cc(C)n(-c3nccs3)c2C)c1C. The third kappa shape index (κ3) is 4.63. The number of carbonyl (C=O) groups excluding carboxylic acids is 2. The fraction of sp³-hybridized carbons (Fsp3) is 0.318. The highest BCUT2D eigenvalue weighted by Gasteiger charge is 2.20. The highest BCUT2D eigenvalue weighted by molar-refractivity contribution is 7.12. The van der Waals surface area contributed by atoms with E-state index in [9.17, 15) is 9.59 Å². The van der Waals surface area contributed by atoms with Crippen molar-refractivity contribution in [2.45, 2.75) is 27.7 Å². The summed E-state index contributed by atoms with van der Waals surface area (Å²) < 4.78 is 1.99. The zero-order valence-corrected chi connectivity index (χ0v) is 18.3. The van der Waals surface area contributed by atoms with Crippen LogP contribution in [0.1, 0.15) is 32.9 Å². The minimum atomic E-state index is -0.137. The number of aromatic nitrogens is 2. The molecule has 0 atom stereocenters. The molecule has 0 saturated carbocycles. The van der Waals surface area contributed by atoms with E-state index in [2.05, 4.69) is 10.3 Å². The molecule has 29 heavy (non-hydrogen) atoms. The number of likely N-dealkylation sites (N-methyl/N-ethyl adjacent to an activating group) is 1. The van der Waals surface area contributed by atoms with Gasteiger partial charge in [-0.05, 0) is 58.0 Å². The number of aryl methyl sites for hydroxylation is 2. The number of carbonyl (C=O) groups is 2. The van der Waals surface area contributed by atoms with Crippen LogP contribution in [0.3, 0.4) is 0 Å². The third-order valence-electron chi connectivity index (χ3n) is 5.05. The fourth-order valence-electron chi connectivity index (χ4n) is 3.37. The molecule has 1 amide bonds. The average Bonchev–Trinajstić information content (AvgIpc) is 3.26. The lowest BCUT2D eigenvalue weighted by Crippen LogP contribution is -2.34. The van der Waals surface area contributed by atoms with Gasteiger partial charge in [-0.25, -0.2) is 4.98 Å². The van der Waals surface area contributed by atoms with E-state index in [4.69, 9.17) is 0 Å².